The van der Waals surface area contributed by atoms with E-state index >= 15 is 0 Å². The minimum atomic E-state index is -0.318. The summed E-state index contributed by atoms with van der Waals surface area (Å²) >= 11 is 7.61. The molecule has 0 bridgehead atoms. The second-order valence-electron chi connectivity index (χ2n) is 8.51. The Hall–Kier alpha value is -3.40. The van der Waals surface area contributed by atoms with Crippen LogP contribution in [-0.4, -0.2) is 39.4 Å². The molecule has 0 saturated carbocycles. The van der Waals surface area contributed by atoms with Gasteiger partial charge in [0.1, 0.15) is 16.7 Å². The third kappa shape index (κ3) is 5.23. The van der Waals surface area contributed by atoms with Crippen LogP contribution in [0.5, 0.6) is 5.75 Å². The van der Waals surface area contributed by atoms with E-state index in [4.69, 9.17) is 16.3 Å². The molecule has 0 fully saturated rings. The second kappa shape index (κ2) is 10.3. The van der Waals surface area contributed by atoms with E-state index in [-0.39, 0.29) is 11.7 Å². The fourth-order valence-corrected chi connectivity index (χ4v) is 5.41. The number of aryl methyl sites for hydroxylation is 1. The molecule has 4 aromatic rings. The summed E-state index contributed by atoms with van der Waals surface area (Å²) in [5.74, 6) is -0.0494. The molecule has 0 aliphatic carbocycles. The van der Waals surface area contributed by atoms with Gasteiger partial charge in [-0.15, -0.1) is 11.3 Å². The lowest BCUT2D eigenvalue weighted by molar-refractivity contribution is 0.102. The van der Waals surface area contributed by atoms with Crippen LogP contribution in [0.1, 0.15) is 32.2 Å². The van der Waals surface area contributed by atoms with E-state index in [1.54, 1.807) is 31.5 Å². The molecule has 0 radical (unpaired) electrons. The molecule has 0 unspecified atom stereocenters. The van der Waals surface area contributed by atoms with Crippen molar-refractivity contribution in [3.05, 3.63) is 87.2 Å². The number of nitrogens with one attached hydrogen (secondary N) is 1. The zero-order valence-electron chi connectivity index (χ0n) is 19.7. The Morgan fingerprint density at radius 1 is 1.19 bits per heavy atom. The number of hydrogen-bond acceptors (Lipinski definition) is 7. The van der Waals surface area contributed by atoms with Gasteiger partial charge in [-0.3, -0.25) is 20.0 Å². The summed E-state index contributed by atoms with van der Waals surface area (Å²) in [6.07, 6.45) is 3.86. The van der Waals surface area contributed by atoms with Gasteiger partial charge in [0, 0.05) is 53.9 Å². The van der Waals surface area contributed by atoms with Crippen molar-refractivity contribution in [2.45, 2.75) is 26.4 Å². The molecule has 10 heteroatoms. The van der Waals surface area contributed by atoms with Crippen LogP contribution in [0.4, 0.5) is 9.52 Å². The molecular formula is C26H23ClFN5O2S. The monoisotopic (exact) mass is 523 g/mol. The maximum atomic E-state index is 13.3. The first-order valence-corrected chi connectivity index (χ1v) is 12.5. The Morgan fingerprint density at radius 2 is 2.00 bits per heavy atom. The minimum Gasteiger partial charge on any atom is -0.494 e. The molecule has 0 spiro atoms. The van der Waals surface area contributed by atoms with Gasteiger partial charge in [-0.25, -0.2) is 14.4 Å². The molecule has 1 aromatic carbocycles. The van der Waals surface area contributed by atoms with Gasteiger partial charge in [0.25, 0.3) is 5.91 Å². The fourth-order valence-electron chi connectivity index (χ4n) is 4.20. The highest BCUT2D eigenvalue weighted by molar-refractivity contribution is 7.15. The maximum absolute atomic E-state index is 13.3. The molecular weight excluding hydrogens is 501 g/mol. The summed E-state index contributed by atoms with van der Waals surface area (Å²) < 4.78 is 18.7. The van der Waals surface area contributed by atoms with E-state index in [1.165, 1.54) is 29.7 Å². The average Bonchev–Trinajstić information content (AvgIpc) is 3.26. The first-order chi connectivity index (χ1) is 17.4. The zero-order valence-corrected chi connectivity index (χ0v) is 21.3. The van der Waals surface area contributed by atoms with E-state index in [1.807, 2.05) is 13.0 Å². The Bertz CT molecular complexity index is 1430. The van der Waals surface area contributed by atoms with Crippen molar-refractivity contribution in [2.24, 2.45) is 0 Å². The topological polar surface area (TPSA) is 80.2 Å². The minimum absolute atomic E-state index is 0.236. The van der Waals surface area contributed by atoms with E-state index in [2.05, 4.69) is 25.2 Å². The molecule has 4 heterocycles. The van der Waals surface area contributed by atoms with Crippen LogP contribution in [0.15, 0.2) is 48.8 Å². The van der Waals surface area contributed by atoms with Crippen LogP contribution in [0.3, 0.4) is 0 Å². The predicted molar refractivity (Wildman–Crippen MR) is 138 cm³/mol. The largest absolute Gasteiger partial charge is 0.494 e. The zero-order chi connectivity index (χ0) is 25.2. The van der Waals surface area contributed by atoms with Crippen molar-refractivity contribution >= 4 is 34.0 Å². The summed E-state index contributed by atoms with van der Waals surface area (Å²) in [4.78, 5) is 29.8. The number of pyridine rings is 2. The third-order valence-corrected chi connectivity index (χ3v) is 7.18. The van der Waals surface area contributed by atoms with Crippen molar-refractivity contribution < 1.29 is 13.9 Å². The molecule has 184 valence electrons. The number of halogens is 2. The van der Waals surface area contributed by atoms with Crippen molar-refractivity contribution in [2.75, 3.05) is 19.0 Å². The van der Waals surface area contributed by atoms with E-state index in [0.29, 0.717) is 32.7 Å². The normalized spacial score (nSPS) is 13.3. The summed E-state index contributed by atoms with van der Waals surface area (Å²) in [5.41, 5.74) is 4.49. The smallest absolute Gasteiger partial charge is 0.259 e. The predicted octanol–water partition coefficient (Wildman–Crippen LogP) is 5.52. The number of hydrogen-bond donors (Lipinski definition) is 1. The van der Waals surface area contributed by atoms with E-state index < -0.39 is 0 Å². The number of carbonyl (C=O) groups is 1. The van der Waals surface area contributed by atoms with Crippen molar-refractivity contribution in [3.63, 3.8) is 0 Å². The number of thiazole rings is 1. The molecule has 3 aromatic heterocycles. The lowest BCUT2D eigenvalue weighted by atomic mass is 10.0. The van der Waals surface area contributed by atoms with Crippen LogP contribution in [0, 0.1) is 12.7 Å². The van der Waals surface area contributed by atoms with Crippen molar-refractivity contribution in [3.8, 4) is 16.9 Å². The summed E-state index contributed by atoms with van der Waals surface area (Å²) in [6, 6.07) is 10.1. The Balaban J connectivity index is 1.35. The number of benzene rings is 1. The number of anilines is 1. The van der Waals surface area contributed by atoms with Gasteiger partial charge in [-0.1, -0.05) is 23.7 Å². The van der Waals surface area contributed by atoms with E-state index in [0.717, 1.165) is 47.9 Å². The van der Waals surface area contributed by atoms with Gasteiger partial charge in [0.05, 0.1) is 24.6 Å². The first kappa shape index (κ1) is 24.3. The number of amides is 1. The number of rotatable bonds is 6. The van der Waals surface area contributed by atoms with E-state index in [9.17, 15) is 9.18 Å². The standard InChI is InChI=1S/C26H23ClFN5O2S/c1-15-9-18(19-10-24(27)30-12-22(19)35-2)20(11-29-15)25(34)32-26-31-21-7-8-33(14-23(21)36-26)13-16-3-5-17(28)6-4-16/h3-6,9-12H,7-8,13-14H2,1-2H3,(H,31,32,34). The first-order valence-electron chi connectivity index (χ1n) is 11.3. The van der Waals surface area contributed by atoms with Crippen LogP contribution < -0.4 is 10.1 Å². The summed E-state index contributed by atoms with van der Waals surface area (Å²) in [6.45, 7) is 4.15. The number of carbonyl (C=O) groups excluding carboxylic acids is 1. The van der Waals surface area contributed by atoms with Gasteiger partial charge >= 0.3 is 0 Å². The maximum Gasteiger partial charge on any atom is 0.259 e. The van der Waals surface area contributed by atoms with Gasteiger partial charge in [-0.05, 0) is 36.8 Å². The molecule has 1 amide bonds. The number of ether oxygens (including phenoxy) is 1. The highest BCUT2D eigenvalue weighted by Gasteiger charge is 2.23. The molecule has 1 aliphatic rings. The molecule has 7 nitrogen and oxygen atoms in total. The Labute approximate surface area is 217 Å². The Kier molecular flexibility index (Phi) is 6.95. The average molecular weight is 524 g/mol. The summed E-state index contributed by atoms with van der Waals surface area (Å²) in [7, 11) is 1.54. The fraction of sp³-hybridized carbons (Fsp3) is 0.231. The Morgan fingerprint density at radius 3 is 2.78 bits per heavy atom. The molecule has 36 heavy (non-hydrogen) atoms. The molecule has 1 aliphatic heterocycles. The van der Waals surface area contributed by atoms with Crippen molar-refractivity contribution in [1.29, 1.82) is 0 Å². The van der Waals surface area contributed by atoms with Gasteiger partial charge in [0.15, 0.2) is 5.13 Å². The number of aromatic nitrogens is 3. The molecule has 1 N–H and O–H groups in total. The number of nitrogens with zero attached hydrogens (tertiary/aromatic N) is 4. The quantitative estimate of drug-likeness (QED) is 0.335. The highest BCUT2D eigenvalue weighted by atomic mass is 35.5. The molecule has 0 atom stereocenters. The second-order valence-corrected chi connectivity index (χ2v) is 9.98. The lowest BCUT2D eigenvalue weighted by Gasteiger charge is -2.25. The SMILES string of the molecule is COc1cnc(Cl)cc1-c1cc(C)ncc1C(=O)Nc1nc2c(s1)CN(Cc1ccc(F)cc1)CC2. The van der Waals surface area contributed by atoms with Crippen LogP contribution in [-0.2, 0) is 19.5 Å². The van der Waals surface area contributed by atoms with Crippen LogP contribution in [0.25, 0.3) is 11.1 Å². The van der Waals surface area contributed by atoms with Gasteiger partial charge in [-0.2, -0.15) is 0 Å². The number of methoxy groups -OCH3 is 1. The molecule has 0 saturated heterocycles. The lowest BCUT2D eigenvalue weighted by Crippen LogP contribution is -2.29. The van der Waals surface area contributed by atoms with Crippen molar-refractivity contribution in [1.82, 2.24) is 19.9 Å². The molecule has 5 rings (SSSR count). The number of fused-ring (bicyclic) bond motifs is 1. The van der Waals surface area contributed by atoms with Gasteiger partial charge in [0.2, 0.25) is 0 Å². The highest BCUT2D eigenvalue weighted by Crippen LogP contribution is 2.35. The van der Waals surface area contributed by atoms with Crippen LogP contribution >= 0.6 is 22.9 Å². The third-order valence-electron chi connectivity index (χ3n) is 5.98. The summed E-state index contributed by atoms with van der Waals surface area (Å²) in [5, 5.41) is 3.78. The van der Waals surface area contributed by atoms with Crippen LogP contribution in [0.2, 0.25) is 5.15 Å². The van der Waals surface area contributed by atoms with Gasteiger partial charge < -0.3 is 4.74 Å².